The summed E-state index contributed by atoms with van der Waals surface area (Å²) in [6.45, 7) is 2.50. The lowest BCUT2D eigenvalue weighted by Gasteiger charge is -2.15. The molecule has 1 aliphatic heterocycles. The first-order valence-corrected chi connectivity index (χ1v) is 5.40. The van der Waals surface area contributed by atoms with Crippen molar-refractivity contribution in [1.29, 1.82) is 0 Å². The third-order valence-electron chi connectivity index (χ3n) is 2.32. The van der Waals surface area contributed by atoms with E-state index in [4.69, 9.17) is 10.3 Å². The quantitative estimate of drug-likeness (QED) is 0.777. The highest BCUT2D eigenvalue weighted by Crippen LogP contribution is 2.45. The van der Waals surface area contributed by atoms with E-state index in [1.807, 2.05) is 11.8 Å². The molecule has 1 aromatic heterocycles. The normalized spacial score (nSPS) is 28.2. The molecule has 13 heavy (non-hydrogen) atoms. The number of nitrogens with two attached hydrogens (primary N) is 1. The van der Waals surface area contributed by atoms with Crippen molar-refractivity contribution < 1.29 is 4.52 Å². The van der Waals surface area contributed by atoms with Crippen molar-refractivity contribution >= 4 is 11.8 Å². The van der Waals surface area contributed by atoms with Crippen molar-refractivity contribution in [2.45, 2.75) is 31.1 Å². The van der Waals surface area contributed by atoms with Crippen LogP contribution in [0.15, 0.2) is 4.52 Å². The fourth-order valence-corrected chi connectivity index (χ4v) is 2.73. The molecule has 0 spiro atoms. The zero-order chi connectivity index (χ0) is 9.31. The van der Waals surface area contributed by atoms with Gasteiger partial charge in [0.1, 0.15) is 0 Å². The molecule has 0 aliphatic carbocycles. The van der Waals surface area contributed by atoms with Crippen LogP contribution in [0, 0.1) is 0 Å². The Kier molecular flexibility index (Phi) is 2.29. The number of rotatable bonds is 2. The van der Waals surface area contributed by atoms with Crippen LogP contribution >= 0.6 is 11.8 Å². The highest BCUT2D eigenvalue weighted by Gasteiger charge is 2.36. The van der Waals surface area contributed by atoms with Crippen molar-refractivity contribution in [2.24, 2.45) is 5.73 Å². The SMILES string of the molecule is CC1(c2nc(CN)no2)CCCS1. The largest absolute Gasteiger partial charge is 0.338 e. The van der Waals surface area contributed by atoms with Crippen molar-refractivity contribution in [1.82, 2.24) is 10.1 Å². The van der Waals surface area contributed by atoms with Gasteiger partial charge in [0.15, 0.2) is 5.82 Å². The number of thioether (sulfide) groups is 1. The summed E-state index contributed by atoms with van der Waals surface area (Å²) in [5, 5.41) is 3.80. The molecule has 1 saturated heterocycles. The van der Waals surface area contributed by atoms with Crippen LogP contribution in [0.2, 0.25) is 0 Å². The van der Waals surface area contributed by atoms with Gasteiger partial charge in [-0.05, 0) is 25.5 Å². The smallest absolute Gasteiger partial charge is 0.242 e. The van der Waals surface area contributed by atoms with E-state index in [1.54, 1.807) is 0 Å². The molecule has 2 rings (SSSR count). The number of hydrogen-bond donors (Lipinski definition) is 1. The van der Waals surface area contributed by atoms with Gasteiger partial charge in [-0.25, -0.2) is 0 Å². The highest BCUT2D eigenvalue weighted by molar-refractivity contribution is 8.00. The van der Waals surface area contributed by atoms with Crippen LogP contribution in [0.4, 0.5) is 0 Å². The summed E-state index contributed by atoms with van der Waals surface area (Å²) in [5.41, 5.74) is 5.41. The third-order valence-corrected chi connectivity index (χ3v) is 3.83. The fraction of sp³-hybridized carbons (Fsp3) is 0.750. The van der Waals surface area contributed by atoms with Gasteiger partial charge in [-0.3, -0.25) is 0 Å². The molecule has 5 heteroatoms. The molecule has 1 atom stereocenters. The van der Waals surface area contributed by atoms with E-state index >= 15 is 0 Å². The molecule has 0 bridgehead atoms. The van der Waals surface area contributed by atoms with Crippen LogP contribution in [0.3, 0.4) is 0 Å². The van der Waals surface area contributed by atoms with Crippen LogP contribution < -0.4 is 5.73 Å². The molecule has 1 unspecified atom stereocenters. The van der Waals surface area contributed by atoms with E-state index in [-0.39, 0.29) is 4.75 Å². The van der Waals surface area contributed by atoms with Gasteiger partial charge in [0.2, 0.25) is 5.89 Å². The second-order valence-corrected chi connectivity index (χ2v) is 5.00. The maximum Gasteiger partial charge on any atom is 0.242 e. The van der Waals surface area contributed by atoms with Gasteiger partial charge in [0, 0.05) is 0 Å². The Bertz CT molecular complexity index is 293. The van der Waals surface area contributed by atoms with Crippen molar-refractivity contribution in [2.75, 3.05) is 5.75 Å². The molecule has 72 valence electrons. The maximum atomic E-state index is 5.41. The summed E-state index contributed by atoms with van der Waals surface area (Å²) in [7, 11) is 0. The molecule has 0 amide bonds. The molecule has 2 N–H and O–H groups in total. The van der Waals surface area contributed by atoms with Gasteiger partial charge < -0.3 is 10.3 Å². The minimum atomic E-state index is 0.0282. The van der Waals surface area contributed by atoms with E-state index in [0.717, 1.165) is 12.3 Å². The monoisotopic (exact) mass is 199 g/mol. The molecule has 1 fully saturated rings. The van der Waals surface area contributed by atoms with Crippen molar-refractivity contribution in [3.63, 3.8) is 0 Å². The number of aromatic nitrogens is 2. The van der Waals surface area contributed by atoms with Crippen LogP contribution in [0.25, 0.3) is 0 Å². The van der Waals surface area contributed by atoms with E-state index < -0.39 is 0 Å². The maximum absolute atomic E-state index is 5.41. The lowest BCUT2D eigenvalue weighted by atomic mass is 10.1. The first kappa shape index (κ1) is 9.02. The number of hydrogen-bond acceptors (Lipinski definition) is 5. The average molecular weight is 199 g/mol. The molecule has 2 heterocycles. The van der Waals surface area contributed by atoms with Crippen LogP contribution in [0.1, 0.15) is 31.5 Å². The summed E-state index contributed by atoms with van der Waals surface area (Å²) in [6, 6.07) is 0. The molecule has 1 aliphatic rings. The Balaban J connectivity index is 2.23. The van der Waals surface area contributed by atoms with Gasteiger partial charge in [-0.1, -0.05) is 5.16 Å². The minimum Gasteiger partial charge on any atom is -0.338 e. The Morgan fingerprint density at radius 1 is 1.69 bits per heavy atom. The Morgan fingerprint density at radius 2 is 2.54 bits per heavy atom. The van der Waals surface area contributed by atoms with E-state index in [0.29, 0.717) is 12.4 Å². The standard InChI is InChI=1S/C8H13N3OS/c1-8(3-2-4-13-8)7-10-6(5-9)11-12-7/h2-5,9H2,1H3. The Morgan fingerprint density at radius 3 is 3.08 bits per heavy atom. The van der Waals surface area contributed by atoms with E-state index in [1.165, 1.54) is 12.2 Å². The van der Waals surface area contributed by atoms with Gasteiger partial charge in [0.05, 0.1) is 11.3 Å². The summed E-state index contributed by atoms with van der Waals surface area (Å²) in [5.74, 6) is 2.51. The lowest BCUT2D eigenvalue weighted by Crippen LogP contribution is -2.13. The van der Waals surface area contributed by atoms with E-state index in [2.05, 4.69) is 17.1 Å². The van der Waals surface area contributed by atoms with Gasteiger partial charge >= 0.3 is 0 Å². The summed E-state index contributed by atoms with van der Waals surface area (Å²) >= 11 is 1.88. The second kappa shape index (κ2) is 3.31. The Labute approximate surface area is 81.3 Å². The van der Waals surface area contributed by atoms with Gasteiger partial charge in [0.25, 0.3) is 0 Å². The first-order chi connectivity index (χ1) is 6.24. The van der Waals surface area contributed by atoms with E-state index in [9.17, 15) is 0 Å². The molecule has 1 aromatic rings. The zero-order valence-corrected chi connectivity index (χ0v) is 8.43. The summed E-state index contributed by atoms with van der Waals surface area (Å²) in [6.07, 6.45) is 2.34. The zero-order valence-electron chi connectivity index (χ0n) is 7.62. The molecular formula is C8H13N3OS. The lowest BCUT2D eigenvalue weighted by molar-refractivity contribution is 0.340. The topological polar surface area (TPSA) is 64.9 Å². The molecule has 0 radical (unpaired) electrons. The predicted molar refractivity (Wildman–Crippen MR) is 51.2 cm³/mol. The third kappa shape index (κ3) is 1.58. The fourth-order valence-electron chi connectivity index (χ4n) is 1.50. The van der Waals surface area contributed by atoms with Gasteiger partial charge in [-0.2, -0.15) is 4.98 Å². The molecule has 4 nitrogen and oxygen atoms in total. The molecular weight excluding hydrogens is 186 g/mol. The number of nitrogens with zero attached hydrogens (tertiary/aromatic N) is 2. The predicted octanol–water partition coefficient (Wildman–Crippen LogP) is 1.27. The first-order valence-electron chi connectivity index (χ1n) is 4.42. The molecule has 0 saturated carbocycles. The summed E-state index contributed by atoms with van der Waals surface area (Å²) < 4.78 is 5.21. The van der Waals surface area contributed by atoms with Crippen molar-refractivity contribution in [3.05, 3.63) is 11.7 Å². The second-order valence-electron chi connectivity index (χ2n) is 3.40. The Hall–Kier alpha value is -0.550. The minimum absolute atomic E-state index is 0.0282. The highest BCUT2D eigenvalue weighted by atomic mass is 32.2. The molecule has 0 aromatic carbocycles. The van der Waals surface area contributed by atoms with Crippen LogP contribution in [-0.2, 0) is 11.3 Å². The average Bonchev–Trinajstić information content (AvgIpc) is 2.72. The van der Waals surface area contributed by atoms with Crippen molar-refractivity contribution in [3.8, 4) is 0 Å². The van der Waals surface area contributed by atoms with Gasteiger partial charge in [-0.15, -0.1) is 11.8 Å². The van der Waals surface area contributed by atoms with Crippen LogP contribution in [0.5, 0.6) is 0 Å². The van der Waals surface area contributed by atoms with Crippen LogP contribution in [-0.4, -0.2) is 15.9 Å². The summed E-state index contributed by atoms with van der Waals surface area (Å²) in [4.78, 5) is 4.26.